The van der Waals surface area contributed by atoms with Crippen molar-refractivity contribution in [3.63, 3.8) is 0 Å². The van der Waals surface area contributed by atoms with Crippen LogP contribution >= 0.6 is 11.8 Å². The van der Waals surface area contributed by atoms with Gasteiger partial charge in [-0.15, -0.1) is 16.8 Å². The van der Waals surface area contributed by atoms with E-state index in [0.29, 0.717) is 34.9 Å². The predicted molar refractivity (Wildman–Crippen MR) is 132 cm³/mol. The number of nitrogens with zero attached hydrogens (tertiary/aromatic N) is 3. The van der Waals surface area contributed by atoms with Crippen LogP contribution in [0.1, 0.15) is 36.7 Å². The maximum absolute atomic E-state index is 12.6. The normalized spacial score (nSPS) is 10.8. The molecule has 0 aliphatic carbocycles. The van der Waals surface area contributed by atoms with Gasteiger partial charge in [0.25, 0.3) is 0 Å². The molecule has 174 valence electrons. The summed E-state index contributed by atoms with van der Waals surface area (Å²) in [5, 5.41) is 12.2. The maximum Gasteiger partial charge on any atom is 0.234 e. The molecule has 1 heterocycles. The van der Waals surface area contributed by atoms with Gasteiger partial charge in [0.1, 0.15) is 6.61 Å². The van der Waals surface area contributed by atoms with Crippen molar-refractivity contribution in [2.75, 3.05) is 18.2 Å². The molecule has 0 saturated heterocycles. The van der Waals surface area contributed by atoms with Crippen molar-refractivity contribution in [1.29, 1.82) is 0 Å². The van der Waals surface area contributed by atoms with Crippen molar-refractivity contribution in [3.8, 4) is 11.5 Å². The zero-order valence-corrected chi connectivity index (χ0v) is 20.3. The van der Waals surface area contributed by atoms with Crippen molar-refractivity contribution < 1.29 is 14.3 Å². The highest BCUT2D eigenvalue weighted by Gasteiger charge is 2.16. The number of carbonyl (C=O) groups excluding carboxylic acids is 1. The minimum Gasteiger partial charge on any atom is -0.493 e. The molecule has 0 unspecified atom stereocenters. The lowest BCUT2D eigenvalue weighted by Gasteiger charge is -2.14. The Balaban J connectivity index is 1.66. The molecular weight excluding hydrogens is 436 g/mol. The molecule has 3 aromatic rings. The largest absolute Gasteiger partial charge is 0.493 e. The fraction of sp³-hybridized carbons (Fsp3) is 0.320. The first kappa shape index (κ1) is 24.4. The minimum atomic E-state index is -0.0940. The van der Waals surface area contributed by atoms with E-state index in [0.717, 1.165) is 16.8 Å². The van der Waals surface area contributed by atoms with Crippen molar-refractivity contribution in [2.45, 2.75) is 45.0 Å². The lowest BCUT2D eigenvalue weighted by Crippen LogP contribution is -2.16. The van der Waals surface area contributed by atoms with Crippen LogP contribution in [-0.4, -0.2) is 33.5 Å². The van der Waals surface area contributed by atoms with Gasteiger partial charge >= 0.3 is 0 Å². The molecule has 0 aliphatic heterocycles. The monoisotopic (exact) mass is 466 g/mol. The molecule has 0 atom stereocenters. The number of para-hydroxylation sites is 1. The fourth-order valence-corrected chi connectivity index (χ4v) is 4.08. The van der Waals surface area contributed by atoms with Gasteiger partial charge in [-0.05, 0) is 42.2 Å². The van der Waals surface area contributed by atoms with E-state index in [4.69, 9.17) is 9.47 Å². The molecule has 0 spiro atoms. The number of allylic oxidation sites excluding steroid dienone is 1. The third kappa shape index (κ3) is 6.38. The van der Waals surface area contributed by atoms with Crippen molar-refractivity contribution >= 4 is 23.4 Å². The second-order valence-corrected chi connectivity index (χ2v) is 8.76. The number of ether oxygens (including phenoxy) is 2. The van der Waals surface area contributed by atoms with Crippen LogP contribution in [-0.2, 0) is 17.9 Å². The lowest BCUT2D eigenvalue weighted by atomic mass is 10.0. The summed E-state index contributed by atoms with van der Waals surface area (Å²) in [6, 6.07) is 13.6. The van der Waals surface area contributed by atoms with E-state index in [2.05, 4.69) is 35.9 Å². The summed E-state index contributed by atoms with van der Waals surface area (Å²) in [5.74, 6) is 2.38. The molecule has 0 fully saturated rings. The van der Waals surface area contributed by atoms with E-state index >= 15 is 0 Å². The first-order valence-corrected chi connectivity index (χ1v) is 11.7. The second-order valence-electron chi connectivity index (χ2n) is 7.82. The number of aryl methyl sites for hydroxylation is 1. The van der Waals surface area contributed by atoms with Crippen molar-refractivity contribution in [1.82, 2.24) is 14.8 Å². The smallest absolute Gasteiger partial charge is 0.234 e. The number of rotatable bonds is 11. The first-order valence-electron chi connectivity index (χ1n) is 10.7. The van der Waals surface area contributed by atoms with Gasteiger partial charge in [-0.25, -0.2) is 0 Å². The van der Waals surface area contributed by atoms with E-state index in [1.807, 2.05) is 54.0 Å². The molecule has 1 aromatic heterocycles. The molecule has 0 aliphatic rings. The van der Waals surface area contributed by atoms with E-state index in [9.17, 15) is 4.79 Å². The SMILES string of the molecule is C=CCn1c(COc2ccc(C)cc2OC)nnc1SCC(=O)Nc1ccccc1C(C)C. The quantitative estimate of drug-likeness (QED) is 0.309. The van der Waals surface area contributed by atoms with Gasteiger partial charge in [-0.1, -0.05) is 56.0 Å². The third-order valence-electron chi connectivity index (χ3n) is 4.97. The number of anilines is 1. The Morgan fingerprint density at radius 1 is 1.21 bits per heavy atom. The van der Waals surface area contributed by atoms with Gasteiger partial charge in [0.05, 0.1) is 12.9 Å². The van der Waals surface area contributed by atoms with Gasteiger partial charge in [-0.2, -0.15) is 0 Å². The number of nitrogens with one attached hydrogen (secondary N) is 1. The van der Waals surface area contributed by atoms with Gasteiger partial charge in [0.15, 0.2) is 22.5 Å². The Hall–Kier alpha value is -3.26. The first-order chi connectivity index (χ1) is 15.9. The zero-order valence-electron chi connectivity index (χ0n) is 19.5. The Morgan fingerprint density at radius 2 is 2.00 bits per heavy atom. The van der Waals surface area contributed by atoms with Crippen LogP contribution in [0.25, 0.3) is 0 Å². The minimum absolute atomic E-state index is 0.0940. The van der Waals surface area contributed by atoms with E-state index in [-0.39, 0.29) is 18.3 Å². The number of hydrogen-bond donors (Lipinski definition) is 1. The summed E-state index contributed by atoms with van der Waals surface area (Å²) < 4.78 is 13.2. The standard InChI is InChI=1S/C25H30N4O3S/c1-6-13-29-23(15-32-21-12-11-18(4)14-22(21)31-5)27-28-25(29)33-16-24(30)26-20-10-8-7-9-19(20)17(2)3/h6-12,14,17H,1,13,15-16H2,2-5H3,(H,26,30). The summed E-state index contributed by atoms with van der Waals surface area (Å²) in [6.07, 6.45) is 1.77. The van der Waals surface area contributed by atoms with Crippen LogP contribution in [0.4, 0.5) is 5.69 Å². The fourth-order valence-electron chi connectivity index (χ4n) is 3.31. The van der Waals surface area contributed by atoms with E-state index < -0.39 is 0 Å². The van der Waals surface area contributed by atoms with Crippen LogP contribution < -0.4 is 14.8 Å². The highest BCUT2D eigenvalue weighted by Crippen LogP contribution is 2.29. The number of carbonyl (C=O) groups is 1. The Labute approximate surface area is 199 Å². The van der Waals surface area contributed by atoms with Crippen LogP contribution in [0.15, 0.2) is 60.3 Å². The molecule has 0 saturated carbocycles. The predicted octanol–water partition coefficient (Wildman–Crippen LogP) is 5.21. The van der Waals surface area contributed by atoms with Crippen LogP contribution in [0.3, 0.4) is 0 Å². The summed E-state index contributed by atoms with van der Waals surface area (Å²) in [7, 11) is 1.61. The molecular formula is C25H30N4O3S. The second kappa shape index (κ2) is 11.6. The molecule has 8 heteroatoms. The van der Waals surface area contributed by atoms with E-state index in [1.54, 1.807) is 13.2 Å². The third-order valence-corrected chi connectivity index (χ3v) is 5.94. The average Bonchev–Trinajstić information content (AvgIpc) is 3.18. The summed E-state index contributed by atoms with van der Waals surface area (Å²) in [5.41, 5.74) is 3.03. The summed E-state index contributed by atoms with van der Waals surface area (Å²) in [4.78, 5) is 12.6. The van der Waals surface area contributed by atoms with Gasteiger partial charge in [-0.3, -0.25) is 9.36 Å². The Morgan fingerprint density at radius 3 is 2.73 bits per heavy atom. The maximum atomic E-state index is 12.6. The van der Waals surface area contributed by atoms with Crippen LogP contribution in [0.5, 0.6) is 11.5 Å². The number of amides is 1. The average molecular weight is 467 g/mol. The topological polar surface area (TPSA) is 78.3 Å². The van der Waals surface area contributed by atoms with E-state index in [1.165, 1.54) is 11.8 Å². The summed E-state index contributed by atoms with van der Waals surface area (Å²) in [6.45, 7) is 10.8. The molecule has 7 nitrogen and oxygen atoms in total. The highest BCUT2D eigenvalue weighted by atomic mass is 32.2. The molecule has 2 aromatic carbocycles. The highest BCUT2D eigenvalue weighted by molar-refractivity contribution is 7.99. The van der Waals surface area contributed by atoms with Crippen molar-refractivity contribution in [2.24, 2.45) is 0 Å². The summed E-state index contributed by atoms with van der Waals surface area (Å²) >= 11 is 1.33. The number of methoxy groups -OCH3 is 1. The van der Waals surface area contributed by atoms with Gasteiger partial charge in [0, 0.05) is 12.2 Å². The molecule has 0 radical (unpaired) electrons. The van der Waals surface area contributed by atoms with Crippen LogP contribution in [0.2, 0.25) is 0 Å². The molecule has 33 heavy (non-hydrogen) atoms. The number of aromatic nitrogens is 3. The van der Waals surface area contributed by atoms with Crippen LogP contribution in [0, 0.1) is 6.92 Å². The molecule has 1 N–H and O–H groups in total. The lowest BCUT2D eigenvalue weighted by molar-refractivity contribution is -0.113. The van der Waals surface area contributed by atoms with Gasteiger partial charge < -0.3 is 14.8 Å². The molecule has 0 bridgehead atoms. The van der Waals surface area contributed by atoms with Crippen molar-refractivity contribution in [3.05, 3.63) is 72.1 Å². The Bertz CT molecular complexity index is 1110. The Kier molecular flexibility index (Phi) is 8.54. The number of thioether (sulfide) groups is 1. The van der Waals surface area contributed by atoms with Gasteiger partial charge in [0.2, 0.25) is 5.91 Å². The molecule has 1 amide bonds. The molecule has 3 rings (SSSR count). The number of hydrogen-bond acceptors (Lipinski definition) is 6. The zero-order chi connectivity index (χ0) is 23.8. The number of benzene rings is 2.